The molecule has 0 bridgehead atoms. The lowest BCUT2D eigenvalue weighted by Gasteiger charge is -2.15. The summed E-state index contributed by atoms with van der Waals surface area (Å²) in [6, 6.07) is 6.40. The first-order valence-corrected chi connectivity index (χ1v) is 6.10. The van der Waals surface area contributed by atoms with Gasteiger partial charge in [-0.25, -0.2) is 9.59 Å². The lowest BCUT2D eigenvalue weighted by molar-refractivity contribution is -0.156. The van der Waals surface area contributed by atoms with Gasteiger partial charge in [0.15, 0.2) is 0 Å². The number of carbonyl (C=O) groups is 3. The Labute approximate surface area is 122 Å². The van der Waals surface area contributed by atoms with Crippen molar-refractivity contribution in [3.8, 4) is 0 Å². The monoisotopic (exact) mass is 295 g/mol. The Hall–Kier alpha value is -2.41. The molecular formula is C14H17NO6. The van der Waals surface area contributed by atoms with Gasteiger partial charge in [0.05, 0.1) is 12.7 Å². The van der Waals surface area contributed by atoms with Gasteiger partial charge in [0.2, 0.25) is 5.78 Å². The van der Waals surface area contributed by atoms with Gasteiger partial charge in [0, 0.05) is 19.8 Å². The van der Waals surface area contributed by atoms with E-state index in [2.05, 4.69) is 4.74 Å². The molecule has 0 saturated heterocycles. The van der Waals surface area contributed by atoms with Crippen LogP contribution >= 0.6 is 0 Å². The Morgan fingerprint density at radius 2 is 1.76 bits per heavy atom. The van der Waals surface area contributed by atoms with Crippen LogP contribution < -0.4 is 4.90 Å². The molecule has 1 unspecified atom stereocenters. The lowest BCUT2D eigenvalue weighted by atomic mass is 10.2. The summed E-state index contributed by atoms with van der Waals surface area (Å²) in [5.74, 6) is -2.83. The Balaban J connectivity index is 2.86. The fourth-order valence-corrected chi connectivity index (χ4v) is 1.51. The molecule has 7 heteroatoms. The summed E-state index contributed by atoms with van der Waals surface area (Å²) in [5.41, 5.74) is 1.06. The molecule has 1 aromatic carbocycles. The largest absolute Gasteiger partial charge is 0.466 e. The van der Waals surface area contributed by atoms with E-state index < -0.39 is 30.4 Å². The molecule has 1 N–H and O–H groups in total. The molecular weight excluding hydrogens is 278 g/mol. The second-order valence-electron chi connectivity index (χ2n) is 4.37. The van der Waals surface area contributed by atoms with Crippen LogP contribution in [-0.4, -0.2) is 56.7 Å². The number of aliphatic hydroxyl groups is 1. The second kappa shape index (κ2) is 7.39. The zero-order valence-corrected chi connectivity index (χ0v) is 12.0. The molecule has 0 aliphatic carbocycles. The number of methoxy groups -OCH3 is 1. The van der Waals surface area contributed by atoms with Gasteiger partial charge < -0.3 is 19.5 Å². The van der Waals surface area contributed by atoms with E-state index in [9.17, 15) is 14.4 Å². The normalized spacial score (nSPS) is 11.4. The van der Waals surface area contributed by atoms with Crippen molar-refractivity contribution in [1.82, 2.24) is 0 Å². The highest BCUT2D eigenvalue weighted by molar-refractivity contribution is 6.05. The van der Waals surface area contributed by atoms with Gasteiger partial charge in [0.25, 0.3) is 6.10 Å². The van der Waals surface area contributed by atoms with Crippen molar-refractivity contribution in [2.75, 3.05) is 32.7 Å². The number of ketones is 1. The zero-order valence-electron chi connectivity index (χ0n) is 12.0. The van der Waals surface area contributed by atoms with Crippen LogP contribution in [-0.2, 0) is 19.1 Å². The van der Waals surface area contributed by atoms with Gasteiger partial charge in [0.1, 0.15) is 6.61 Å². The molecule has 0 radical (unpaired) electrons. The Kier molecular flexibility index (Phi) is 5.86. The van der Waals surface area contributed by atoms with Crippen LogP contribution in [0.4, 0.5) is 5.69 Å². The number of hydrogen-bond donors (Lipinski definition) is 1. The topological polar surface area (TPSA) is 93.1 Å². The summed E-state index contributed by atoms with van der Waals surface area (Å²) in [7, 11) is 4.75. The minimum absolute atomic E-state index is 0.181. The van der Waals surface area contributed by atoms with Gasteiger partial charge in [-0.05, 0) is 24.3 Å². The molecule has 0 fully saturated rings. The van der Waals surface area contributed by atoms with Crippen molar-refractivity contribution in [3.63, 3.8) is 0 Å². The zero-order chi connectivity index (χ0) is 16.0. The number of aliphatic hydroxyl groups excluding tert-OH is 1. The summed E-state index contributed by atoms with van der Waals surface area (Å²) in [6.07, 6.45) is -1.76. The van der Waals surface area contributed by atoms with Crippen molar-refractivity contribution in [2.24, 2.45) is 0 Å². The van der Waals surface area contributed by atoms with Crippen molar-refractivity contribution in [2.45, 2.75) is 6.10 Å². The SMILES string of the molecule is COC(=O)C(OC(=O)c1ccc(N(C)C)cc1)C(=O)CO. The minimum Gasteiger partial charge on any atom is -0.466 e. The van der Waals surface area contributed by atoms with Crippen molar-refractivity contribution >= 4 is 23.4 Å². The molecule has 21 heavy (non-hydrogen) atoms. The highest BCUT2D eigenvalue weighted by Gasteiger charge is 2.31. The van der Waals surface area contributed by atoms with Gasteiger partial charge in [-0.1, -0.05) is 0 Å². The Morgan fingerprint density at radius 3 is 2.19 bits per heavy atom. The summed E-state index contributed by atoms with van der Waals surface area (Å²) in [6.45, 7) is -0.924. The lowest BCUT2D eigenvalue weighted by Crippen LogP contribution is -2.37. The first-order valence-electron chi connectivity index (χ1n) is 6.10. The predicted octanol–water partition coefficient (Wildman–Crippen LogP) is 0.0124. The van der Waals surface area contributed by atoms with Crippen molar-refractivity contribution in [3.05, 3.63) is 29.8 Å². The average Bonchev–Trinajstić information content (AvgIpc) is 2.50. The maximum absolute atomic E-state index is 11.9. The number of benzene rings is 1. The van der Waals surface area contributed by atoms with Crippen LogP contribution in [0.2, 0.25) is 0 Å². The minimum atomic E-state index is -1.76. The molecule has 7 nitrogen and oxygen atoms in total. The molecule has 114 valence electrons. The van der Waals surface area contributed by atoms with E-state index in [1.807, 2.05) is 19.0 Å². The molecule has 0 aromatic heterocycles. The molecule has 1 rings (SSSR count). The number of esters is 2. The molecule has 0 heterocycles. The van der Waals surface area contributed by atoms with E-state index in [0.29, 0.717) is 0 Å². The number of hydrogen-bond acceptors (Lipinski definition) is 7. The third kappa shape index (κ3) is 4.28. The number of nitrogens with zero attached hydrogens (tertiary/aromatic N) is 1. The van der Waals surface area contributed by atoms with E-state index in [4.69, 9.17) is 9.84 Å². The number of anilines is 1. The van der Waals surface area contributed by atoms with Crippen LogP contribution in [0.5, 0.6) is 0 Å². The Morgan fingerprint density at radius 1 is 1.19 bits per heavy atom. The van der Waals surface area contributed by atoms with Gasteiger partial charge in [-0.2, -0.15) is 0 Å². The van der Waals surface area contributed by atoms with Crippen molar-refractivity contribution < 1.29 is 29.0 Å². The fourth-order valence-electron chi connectivity index (χ4n) is 1.51. The fraction of sp³-hybridized carbons (Fsp3) is 0.357. The summed E-state index contributed by atoms with van der Waals surface area (Å²) in [5, 5.41) is 8.78. The smallest absolute Gasteiger partial charge is 0.355 e. The van der Waals surface area contributed by atoms with E-state index in [0.717, 1.165) is 12.8 Å². The summed E-state index contributed by atoms with van der Waals surface area (Å²) >= 11 is 0. The molecule has 0 spiro atoms. The Bertz CT molecular complexity index is 507. The molecule has 0 amide bonds. The van der Waals surface area contributed by atoms with E-state index in [1.54, 1.807) is 12.1 Å². The highest BCUT2D eigenvalue weighted by Crippen LogP contribution is 2.14. The number of Topliss-reactive ketones (excluding diaryl/α,β-unsaturated/α-hetero) is 1. The quantitative estimate of drug-likeness (QED) is 0.583. The average molecular weight is 295 g/mol. The number of rotatable bonds is 6. The van der Waals surface area contributed by atoms with Gasteiger partial charge >= 0.3 is 11.9 Å². The van der Waals surface area contributed by atoms with E-state index in [1.165, 1.54) is 12.1 Å². The van der Waals surface area contributed by atoms with Crippen LogP contribution in [0, 0.1) is 0 Å². The summed E-state index contributed by atoms with van der Waals surface area (Å²) < 4.78 is 9.17. The summed E-state index contributed by atoms with van der Waals surface area (Å²) in [4.78, 5) is 36.5. The highest BCUT2D eigenvalue weighted by atomic mass is 16.6. The predicted molar refractivity (Wildman–Crippen MR) is 74.1 cm³/mol. The van der Waals surface area contributed by atoms with Crippen LogP contribution in [0.25, 0.3) is 0 Å². The molecule has 0 aliphatic rings. The molecule has 0 saturated carbocycles. The van der Waals surface area contributed by atoms with Crippen LogP contribution in [0.15, 0.2) is 24.3 Å². The standard InChI is InChI=1S/C14H17NO6/c1-15(2)10-6-4-9(5-7-10)13(18)21-12(11(17)8-16)14(19)20-3/h4-7,12,16H,8H2,1-3H3. The van der Waals surface area contributed by atoms with Crippen molar-refractivity contribution in [1.29, 1.82) is 0 Å². The molecule has 1 aromatic rings. The number of ether oxygens (including phenoxy) is 2. The first kappa shape index (κ1) is 16.6. The maximum atomic E-state index is 11.9. The van der Waals surface area contributed by atoms with Crippen LogP contribution in [0.3, 0.4) is 0 Å². The third-order valence-electron chi connectivity index (χ3n) is 2.71. The maximum Gasteiger partial charge on any atom is 0.355 e. The molecule has 0 aliphatic heterocycles. The van der Waals surface area contributed by atoms with Gasteiger partial charge in [-0.3, -0.25) is 4.79 Å². The number of carbonyl (C=O) groups excluding carboxylic acids is 3. The van der Waals surface area contributed by atoms with Gasteiger partial charge in [-0.15, -0.1) is 0 Å². The third-order valence-corrected chi connectivity index (χ3v) is 2.71. The first-order chi connectivity index (χ1) is 9.90. The molecule has 1 atom stereocenters. The second-order valence-corrected chi connectivity index (χ2v) is 4.37. The van der Waals surface area contributed by atoms with E-state index >= 15 is 0 Å². The van der Waals surface area contributed by atoms with Crippen LogP contribution in [0.1, 0.15) is 10.4 Å². The van der Waals surface area contributed by atoms with E-state index in [-0.39, 0.29) is 5.56 Å².